The van der Waals surface area contributed by atoms with Gasteiger partial charge in [0, 0.05) is 5.41 Å². The molecule has 2 aliphatic carbocycles. The number of ether oxygens (including phenoxy) is 1. The van der Waals surface area contributed by atoms with Crippen molar-refractivity contribution in [3.8, 4) is 11.8 Å². The minimum Gasteiger partial charge on any atom is -0.485 e. The van der Waals surface area contributed by atoms with E-state index in [0.29, 0.717) is 5.03 Å². The monoisotopic (exact) mass is 206 g/mol. The summed E-state index contributed by atoms with van der Waals surface area (Å²) < 4.78 is 5.64. The number of hydrogen-bond donors (Lipinski definition) is 0. The summed E-state index contributed by atoms with van der Waals surface area (Å²) in [5.41, 5.74) is 1.59. The Labute approximate surface area is 88.8 Å². The first-order chi connectivity index (χ1) is 6.80. The Hall–Kier alpha value is -0.870. The van der Waals surface area contributed by atoms with Gasteiger partial charge in [-0.05, 0) is 49.2 Å². The van der Waals surface area contributed by atoms with Crippen molar-refractivity contribution < 1.29 is 4.74 Å². The van der Waals surface area contributed by atoms with Crippen LogP contribution in [0.1, 0.15) is 25.7 Å². The zero-order valence-electron chi connectivity index (χ0n) is 7.90. The second-order valence-electron chi connectivity index (χ2n) is 4.19. The molecule has 0 aromatic heterocycles. The zero-order chi connectivity index (χ0) is 9.60. The van der Waals surface area contributed by atoms with Gasteiger partial charge in [0.05, 0.1) is 11.6 Å². The summed E-state index contributed by atoms with van der Waals surface area (Å²) in [5.74, 6) is 6.84. The van der Waals surface area contributed by atoms with E-state index in [-0.39, 0.29) is 5.41 Å². The Morgan fingerprint density at radius 2 is 2.29 bits per heavy atom. The van der Waals surface area contributed by atoms with Crippen LogP contribution in [-0.2, 0) is 4.74 Å². The van der Waals surface area contributed by atoms with Crippen molar-refractivity contribution in [1.29, 1.82) is 0 Å². The van der Waals surface area contributed by atoms with Crippen molar-refractivity contribution in [1.82, 2.24) is 0 Å². The zero-order valence-corrected chi connectivity index (χ0v) is 8.66. The van der Waals surface area contributed by atoms with Gasteiger partial charge in [0.2, 0.25) is 0 Å². The molecule has 0 amide bonds. The molecule has 14 heavy (non-hydrogen) atoms. The van der Waals surface area contributed by atoms with Crippen LogP contribution in [0.3, 0.4) is 0 Å². The maximum Gasteiger partial charge on any atom is 0.170 e. The molecule has 72 valence electrons. The lowest BCUT2D eigenvalue weighted by atomic mass is 9.97. The van der Waals surface area contributed by atoms with E-state index in [9.17, 15) is 0 Å². The lowest BCUT2D eigenvalue weighted by molar-refractivity contribution is 0.211. The van der Waals surface area contributed by atoms with Crippen LogP contribution in [-0.4, -0.2) is 6.61 Å². The van der Waals surface area contributed by atoms with E-state index in [0.717, 1.165) is 25.2 Å². The average molecular weight is 207 g/mol. The predicted octanol–water partition coefficient (Wildman–Crippen LogP) is 2.97. The molecule has 0 spiro atoms. The molecule has 0 saturated heterocycles. The van der Waals surface area contributed by atoms with Crippen LogP contribution >= 0.6 is 11.6 Å². The van der Waals surface area contributed by atoms with Gasteiger partial charge in [-0.1, -0.05) is 11.6 Å². The quantitative estimate of drug-likeness (QED) is 0.554. The molecular weight excluding hydrogens is 196 g/mol. The Morgan fingerprint density at radius 3 is 3.21 bits per heavy atom. The lowest BCUT2D eigenvalue weighted by Crippen LogP contribution is -2.03. The Balaban J connectivity index is 2.08. The third-order valence-electron chi connectivity index (χ3n) is 3.20. The number of halogens is 1. The first kappa shape index (κ1) is 8.44. The third kappa shape index (κ3) is 1.18. The van der Waals surface area contributed by atoms with Crippen molar-refractivity contribution in [2.24, 2.45) is 5.41 Å². The maximum absolute atomic E-state index is 6.02. The van der Waals surface area contributed by atoms with Crippen molar-refractivity contribution in [2.75, 3.05) is 6.61 Å². The van der Waals surface area contributed by atoms with Crippen LogP contribution in [0, 0.1) is 17.3 Å². The highest BCUT2D eigenvalue weighted by Gasteiger charge is 2.50. The maximum atomic E-state index is 6.02. The molecule has 1 atom stereocenters. The minimum absolute atomic E-state index is 0.212. The first-order valence-corrected chi connectivity index (χ1v) is 5.45. The third-order valence-corrected chi connectivity index (χ3v) is 3.41. The summed E-state index contributed by atoms with van der Waals surface area (Å²) in [6, 6.07) is 0. The summed E-state index contributed by atoms with van der Waals surface area (Å²) >= 11 is 6.02. The fourth-order valence-electron chi connectivity index (χ4n) is 2.34. The van der Waals surface area contributed by atoms with E-state index in [1.54, 1.807) is 0 Å². The first-order valence-electron chi connectivity index (χ1n) is 5.07. The van der Waals surface area contributed by atoms with Gasteiger partial charge >= 0.3 is 0 Å². The molecular formula is C12H11ClO. The van der Waals surface area contributed by atoms with Gasteiger partial charge in [-0.2, -0.15) is 0 Å². The lowest BCUT2D eigenvalue weighted by Gasteiger charge is -2.13. The van der Waals surface area contributed by atoms with Crippen molar-refractivity contribution in [2.45, 2.75) is 25.7 Å². The van der Waals surface area contributed by atoms with Crippen LogP contribution < -0.4 is 0 Å². The molecule has 0 radical (unpaired) electrons. The average Bonchev–Trinajstić information content (AvgIpc) is 2.81. The smallest absolute Gasteiger partial charge is 0.170 e. The van der Waals surface area contributed by atoms with Crippen LogP contribution in [0.2, 0.25) is 0 Å². The molecule has 2 heteroatoms. The molecule has 0 N–H and O–H groups in total. The van der Waals surface area contributed by atoms with Gasteiger partial charge in [-0.25, -0.2) is 0 Å². The summed E-state index contributed by atoms with van der Waals surface area (Å²) in [6.07, 6.45) is 6.78. The van der Waals surface area contributed by atoms with Crippen molar-refractivity contribution in [3.63, 3.8) is 0 Å². The molecule has 0 aromatic carbocycles. The van der Waals surface area contributed by atoms with E-state index >= 15 is 0 Å². The predicted molar refractivity (Wildman–Crippen MR) is 55.6 cm³/mol. The molecule has 0 aromatic rings. The van der Waals surface area contributed by atoms with Crippen LogP contribution in [0.4, 0.5) is 0 Å². The minimum atomic E-state index is 0.212. The SMILES string of the molecule is ClC1=CC23CCCCOC(=C2C3)C#C1. The van der Waals surface area contributed by atoms with E-state index in [1.165, 1.54) is 18.4 Å². The van der Waals surface area contributed by atoms with Crippen LogP contribution in [0.5, 0.6) is 0 Å². The Kier molecular flexibility index (Phi) is 1.69. The summed E-state index contributed by atoms with van der Waals surface area (Å²) in [5, 5.41) is 0.681. The Bertz CT molecular complexity index is 408. The van der Waals surface area contributed by atoms with E-state index < -0.39 is 0 Å². The van der Waals surface area contributed by atoms with Gasteiger partial charge in [0.25, 0.3) is 0 Å². The molecule has 1 unspecified atom stereocenters. The topological polar surface area (TPSA) is 9.23 Å². The van der Waals surface area contributed by atoms with Gasteiger partial charge in [-0.15, -0.1) is 0 Å². The number of hydrogen-bond acceptors (Lipinski definition) is 1. The highest BCUT2D eigenvalue weighted by Crippen LogP contribution is 2.60. The number of rotatable bonds is 0. The standard InChI is InChI=1S/C12H11ClO/c13-9-3-4-11-10-8-12(10,7-9)5-1-2-6-14-11/h7H,1-2,5-6,8H2. The van der Waals surface area contributed by atoms with Crippen LogP contribution in [0.15, 0.2) is 22.4 Å². The fourth-order valence-corrected chi connectivity index (χ4v) is 2.59. The molecule has 1 saturated carbocycles. The molecule has 3 aliphatic rings. The highest BCUT2D eigenvalue weighted by atomic mass is 35.5. The molecule has 1 aliphatic heterocycles. The highest BCUT2D eigenvalue weighted by molar-refractivity contribution is 6.32. The van der Waals surface area contributed by atoms with Gasteiger partial charge < -0.3 is 4.74 Å². The van der Waals surface area contributed by atoms with Crippen molar-refractivity contribution in [3.05, 3.63) is 22.4 Å². The molecule has 1 fully saturated rings. The summed E-state index contributed by atoms with van der Waals surface area (Å²) in [6.45, 7) is 0.807. The van der Waals surface area contributed by atoms with Crippen molar-refractivity contribution >= 4 is 11.6 Å². The van der Waals surface area contributed by atoms with E-state index in [1.807, 2.05) is 0 Å². The Morgan fingerprint density at radius 1 is 1.36 bits per heavy atom. The molecule has 1 nitrogen and oxygen atoms in total. The second kappa shape index (κ2) is 2.81. The van der Waals surface area contributed by atoms with E-state index in [4.69, 9.17) is 16.3 Å². The van der Waals surface area contributed by atoms with Gasteiger partial charge in [0.1, 0.15) is 0 Å². The van der Waals surface area contributed by atoms with Gasteiger partial charge in [-0.3, -0.25) is 0 Å². The number of allylic oxidation sites excluding steroid dienone is 4. The second-order valence-corrected chi connectivity index (χ2v) is 4.60. The molecule has 2 bridgehead atoms. The normalized spacial score (nSPS) is 33.6. The summed E-state index contributed by atoms with van der Waals surface area (Å²) in [7, 11) is 0. The molecule has 1 heterocycles. The summed E-state index contributed by atoms with van der Waals surface area (Å²) in [4.78, 5) is 0. The van der Waals surface area contributed by atoms with Gasteiger partial charge in [0.15, 0.2) is 5.76 Å². The molecule has 3 rings (SSSR count). The van der Waals surface area contributed by atoms with E-state index in [2.05, 4.69) is 17.9 Å². The van der Waals surface area contributed by atoms with Crippen LogP contribution in [0.25, 0.3) is 0 Å². The fraction of sp³-hybridized carbons (Fsp3) is 0.500. The largest absolute Gasteiger partial charge is 0.485 e.